The molecule has 6 heteroatoms. The number of benzene rings is 1. The Hall–Kier alpha value is -2.50. The van der Waals surface area contributed by atoms with Crippen LogP contribution in [0.15, 0.2) is 30.5 Å². The fourth-order valence-corrected chi connectivity index (χ4v) is 1.76. The molecule has 1 heterocycles. The quantitative estimate of drug-likeness (QED) is 0.813. The van der Waals surface area contributed by atoms with Crippen molar-refractivity contribution in [2.75, 3.05) is 17.7 Å². The SMILES string of the molecule is Cc1nn(C)cc1NC(=O)CCOc1ccc(N)cc1. The first kappa shape index (κ1) is 13.9. The zero-order valence-electron chi connectivity index (χ0n) is 11.6. The van der Waals surface area contributed by atoms with Gasteiger partial charge in [-0.15, -0.1) is 0 Å². The molecule has 0 fully saturated rings. The number of nitrogens with zero attached hydrogens (tertiary/aromatic N) is 2. The fraction of sp³-hybridized carbons (Fsp3) is 0.286. The standard InChI is InChI=1S/C14H18N4O2/c1-10-13(9-18(2)17-10)16-14(19)7-8-20-12-5-3-11(15)4-6-12/h3-6,9H,7-8,15H2,1-2H3,(H,16,19). The Morgan fingerprint density at radius 1 is 1.40 bits per heavy atom. The van der Waals surface area contributed by atoms with E-state index in [4.69, 9.17) is 10.5 Å². The number of nitrogens with two attached hydrogens (primary N) is 1. The smallest absolute Gasteiger partial charge is 0.227 e. The first-order valence-corrected chi connectivity index (χ1v) is 6.33. The highest BCUT2D eigenvalue weighted by Gasteiger charge is 2.07. The summed E-state index contributed by atoms with van der Waals surface area (Å²) in [4.78, 5) is 11.8. The predicted molar refractivity (Wildman–Crippen MR) is 77.5 cm³/mol. The van der Waals surface area contributed by atoms with E-state index in [1.54, 1.807) is 35.1 Å². The van der Waals surface area contributed by atoms with E-state index in [0.29, 0.717) is 18.0 Å². The van der Waals surface area contributed by atoms with Gasteiger partial charge in [0.15, 0.2) is 0 Å². The van der Waals surface area contributed by atoms with Crippen molar-refractivity contribution in [2.24, 2.45) is 7.05 Å². The summed E-state index contributed by atoms with van der Waals surface area (Å²) >= 11 is 0. The number of anilines is 2. The molecule has 1 aromatic heterocycles. The molecule has 6 nitrogen and oxygen atoms in total. The first-order chi connectivity index (χ1) is 9.54. The molecule has 0 radical (unpaired) electrons. The summed E-state index contributed by atoms with van der Waals surface area (Å²) in [6.45, 7) is 2.16. The molecule has 0 aliphatic heterocycles. The predicted octanol–water partition coefficient (Wildman–Crippen LogP) is 1.72. The number of rotatable bonds is 5. The number of nitrogens with one attached hydrogen (secondary N) is 1. The Labute approximate surface area is 117 Å². The Morgan fingerprint density at radius 3 is 2.70 bits per heavy atom. The van der Waals surface area contributed by atoms with Gasteiger partial charge in [0.1, 0.15) is 5.75 Å². The molecule has 0 aliphatic rings. The molecule has 2 rings (SSSR count). The van der Waals surface area contributed by atoms with Crippen LogP contribution in [0.1, 0.15) is 12.1 Å². The maximum Gasteiger partial charge on any atom is 0.227 e. The maximum absolute atomic E-state index is 11.8. The zero-order valence-corrected chi connectivity index (χ0v) is 11.6. The summed E-state index contributed by atoms with van der Waals surface area (Å²) in [7, 11) is 1.81. The average Bonchev–Trinajstić information content (AvgIpc) is 2.70. The maximum atomic E-state index is 11.8. The lowest BCUT2D eigenvalue weighted by molar-refractivity contribution is -0.116. The Balaban J connectivity index is 1.78. The van der Waals surface area contributed by atoms with Crippen molar-refractivity contribution < 1.29 is 9.53 Å². The number of hydrogen-bond donors (Lipinski definition) is 2. The van der Waals surface area contributed by atoms with Gasteiger partial charge >= 0.3 is 0 Å². The third-order valence-corrected chi connectivity index (χ3v) is 2.77. The van der Waals surface area contributed by atoms with Crippen LogP contribution in [0.5, 0.6) is 5.75 Å². The third kappa shape index (κ3) is 3.74. The molecule has 0 spiro atoms. The van der Waals surface area contributed by atoms with E-state index in [2.05, 4.69) is 10.4 Å². The molecule has 3 N–H and O–H groups in total. The van der Waals surface area contributed by atoms with E-state index in [0.717, 1.165) is 11.4 Å². The lowest BCUT2D eigenvalue weighted by Crippen LogP contribution is -2.15. The van der Waals surface area contributed by atoms with Crippen molar-refractivity contribution in [3.05, 3.63) is 36.2 Å². The Kier molecular flexibility index (Phi) is 4.24. The third-order valence-electron chi connectivity index (χ3n) is 2.77. The molecule has 1 amide bonds. The molecule has 2 aromatic rings. The van der Waals surface area contributed by atoms with Crippen molar-refractivity contribution in [1.29, 1.82) is 0 Å². The summed E-state index contributed by atoms with van der Waals surface area (Å²) in [5.74, 6) is 0.598. The lowest BCUT2D eigenvalue weighted by Gasteiger charge is -2.06. The normalized spacial score (nSPS) is 10.3. The summed E-state index contributed by atoms with van der Waals surface area (Å²) in [6.07, 6.45) is 2.05. The number of carbonyl (C=O) groups excluding carboxylic acids is 1. The second-order valence-electron chi connectivity index (χ2n) is 4.52. The zero-order chi connectivity index (χ0) is 14.5. The van der Waals surface area contributed by atoms with Gasteiger partial charge < -0.3 is 15.8 Å². The summed E-state index contributed by atoms with van der Waals surface area (Å²) in [5, 5.41) is 6.96. The molecule has 0 aliphatic carbocycles. The second-order valence-corrected chi connectivity index (χ2v) is 4.52. The highest BCUT2D eigenvalue weighted by Crippen LogP contribution is 2.14. The van der Waals surface area contributed by atoms with E-state index in [-0.39, 0.29) is 12.3 Å². The molecular weight excluding hydrogens is 256 g/mol. The molecule has 0 saturated carbocycles. The van der Waals surface area contributed by atoms with Gasteiger partial charge in [-0.25, -0.2) is 0 Å². The monoisotopic (exact) mass is 274 g/mol. The number of aromatic nitrogens is 2. The summed E-state index contributed by atoms with van der Waals surface area (Å²) in [6, 6.07) is 7.07. The minimum absolute atomic E-state index is 0.100. The van der Waals surface area contributed by atoms with Crippen LogP contribution in [0.2, 0.25) is 0 Å². The van der Waals surface area contributed by atoms with Crippen LogP contribution >= 0.6 is 0 Å². The molecule has 0 saturated heterocycles. The number of amides is 1. The van der Waals surface area contributed by atoms with Crippen molar-refractivity contribution in [2.45, 2.75) is 13.3 Å². The first-order valence-electron chi connectivity index (χ1n) is 6.33. The van der Waals surface area contributed by atoms with Gasteiger partial charge in [-0.1, -0.05) is 0 Å². The minimum Gasteiger partial charge on any atom is -0.493 e. The lowest BCUT2D eigenvalue weighted by atomic mass is 10.3. The molecule has 0 bridgehead atoms. The molecule has 20 heavy (non-hydrogen) atoms. The highest BCUT2D eigenvalue weighted by molar-refractivity contribution is 5.91. The van der Waals surface area contributed by atoms with Crippen LogP contribution in [-0.2, 0) is 11.8 Å². The van der Waals surface area contributed by atoms with Crippen LogP contribution in [0, 0.1) is 6.92 Å². The number of carbonyl (C=O) groups is 1. The van der Waals surface area contributed by atoms with Crippen LogP contribution in [0.25, 0.3) is 0 Å². The van der Waals surface area contributed by atoms with Crippen LogP contribution in [0.3, 0.4) is 0 Å². The van der Waals surface area contributed by atoms with Gasteiger partial charge in [-0.05, 0) is 31.2 Å². The Morgan fingerprint density at radius 2 is 2.10 bits per heavy atom. The van der Waals surface area contributed by atoms with E-state index < -0.39 is 0 Å². The molecule has 0 unspecified atom stereocenters. The number of aryl methyl sites for hydroxylation is 2. The minimum atomic E-state index is -0.100. The van der Waals surface area contributed by atoms with Crippen LogP contribution < -0.4 is 15.8 Å². The molecular formula is C14H18N4O2. The van der Waals surface area contributed by atoms with Gasteiger partial charge in [-0.3, -0.25) is 9.48 Å². The van der Waals surface area contributed by atoms with Gasteiger partial charge in [-0.2, -0.15) is 5.10 Å². The Bertz CT molecular complexity index is 590. The van der Waals surface area contributed by atoms with Gasteiger partial charge in [0.2, 0.25) is 5.91 Å². The summed E-state index contributed by atoms with van der Waals surface area (Å²) in [5.41, 5.74) is 7.78. The van der Waals surface area contributed by atoms with Crippen molar-refractivity contribution in [3.8, 4) is 5.75 Å². The van der Waals surface area contributed by atoms with Gasteiger partial charge in [0.25, 0.3) is 0 Å². The molecule has 1 aromatic carbocycles. The van der Waals surface area contributed by atoms with E-state index in [1.807, 2.05) is 14.0 Å². The van der Waals surface area contributed by atoms with E-state index >= 15 is 0 Å². The fourth-order valence-electron chi connectivity index (χ4n) is 1.76. The highest BCUT2D eigenvalue weighted by atomic mass is 16.5. The summed E-state index contributed by atoms with van der Waals surface area (Å²) < 4.78 is 7.13. The van der Waals surface area contributed by atoms with Crippen molar-refractivity contribution in [3.63, 3.8) is 0 Å². The molecule has 0 atom stereocenters. The number of ether oxygens (including phenoxy) is 1. The van der Waals surface area contributed by atoms with E-state index in [1.165, 1.54) is 0 Å². The molecule has 106 valence electrons. The van der Waals surface area contributed by atoms with Crippen LogP contribution in [0.4, 0.5) is 11.4 Å². The van der Waals surface area contributed by atoms with Crippen molar-refractivity contribution >= 4 is 17.3 Å². The number of nitrogen functional groups attached to an aromatic ring is 1. The van der Waals surface area contributed by atoms with E-state index in [9.17, 15) is 4.79 Å². The van der Waals surface area contributed by atoms with Gasteiger partial charge in [0, 0.05) is 18.9 Å². The number of hydrogen-bond acceptors (Lipinski definition) is 4. The van der Waals surface area contributed by atoms with Crippen molar-refractivity contribution in [1.82, 2.24) is 9.78 Å². The second kappa shape index (κ2) is 6.10. The van der Waals surface area contributed by atoms with Crippen LogP contribution in [-0.4, -0.2) is 22.3 Å². The largest absolute Gasteiger partial charge is 0.493 e. The van der Waals surface area contributed by atoms with Gasteiger partial charge in [0.05, 0.1) is 24.4 Å². The topological polar surface area (TPSA) is 82.2 Å². The average molecular weight is 274 g/mol.